The first-order chi connectivity index (χ1) is 6.14. The van der Waals surface area contributed by atoms with Crippen molar-refractivity contribution >= 4 is 0 Å². The Kier molecular flexibility index (Phi) is 4.16. The molecular weight excluding hydrogens is 166 g/mol. The van der Waals surface area contributed by atoms with Gasteiger partial charge in [0, 0.05) is 25.8 Å². The Hall–Kier alpha value is -0.120. The normalized spacial score (nSPS) is 24.2. The van der Waals surface area contributed by atoms with Crippen LogP contribution in [0, 0.1) is 0 Å². The molecular formula is C10H21NO2. The van der Waals surface area contributed by atoms with E-state index in [1.807, 2.05) is 13.8 Å². The summed E-state index contributed by atoms with van der Waals surface area (Å²) in [6.45, 7) is 6.27. The van der Waals surface area contributed by atoms with Crippen LogP contribution in [0.2, 0.25) is 0 Å². The summed E-state index contributed by atoms with van der Waals surface area (Å²) in [5.74, 6) is 0. The lowest BCUT2D eigenvalue weighted by Crippen LogP contribution is -2.44. The van der Waals surface area contributed by atoms with Crippen molar-refractivity contribution in [3.63, 3.8) is 0 Å². The fourth-order valence-corrected chi connectivity index (χ4v) is 1.39. The Morgan fingerprint density at radius 1 is 1.46 bits per heavy atom. The minimum absolute atomic E-state index is 0.534. The van der Waals surface area contributed by atoms with Gasteiger partial charge in [-0.2, -0.15) is 0 Å². The van der Waals surface area contributed by atoms with Crippen molar-refractivity contribution in [1.82, 2.24) is 5.32 Å². The van der Waals surface area contributed by atoms with Crippen LogP contribution in [0.15, 0.2) is 0 Å². The molecule has 0 aromatic rings. The number of aliphatic hydroxyl groups is 1. The second kappa shape index (κ2) is 4.94. The van der Waals surface area contributed by atoms with Crippen molar-refractivity contribution in [2.45, 2.75) is 44.8 Å². The molecule has 1 unspecified atom stereocenters. The molecule has 1 fully saturated rings. The Balaban J connectivity index is 2.17. The van der Waals surface area contributed by atoms with Gasteiger partial charge in [-0.15, -0.1) is 0 Å². The van der Waals surface area contributed by atoms with Crippen LogP contribution in [-0.4, -0.2) is 36.5 Å². The summed E-state index contributed by atoms with van der Waals surface area (Å²) in [6, 6.07) is 0.534. The Labute approximate surface area is 80.5 Å². The fourth-order valence-electron chi connectivity index (χ4n) is 1.39. The van der Waals surface area contributed by atoms with Gasteiger partial charge in [0.2, 0.25) is 0 Å². The van der Waals surface area contributed by atoms with E-state index in [2.05, 4.69) is 5.32 Å². The van der Waals surface area contributed by atoms with Crippen molar-refractivity contribution in [3.05, 3.63) is 0 Å². The van der Waals surface area contributed by atoms with Crippen molar-refractivity contribution in [2.75, 3.05) is 19.8 Å². The maximum absolute atomic E-state index is 9.76. The summed E-state index contributed by atoms with van der Waals surface area (Å²) >= 11 is 0. The molecule has 1 rings (SSSR count). The molecule has 0 aromatic heterocycles. The summed E-state index contributed by atoms with van der Waals surface area (Å²) in [5.41, 5.74) is -0.557. The molecule has 0 bridgehead atoms. The SMILES string of the molecule is CCC(C)(O)CNC1CCOCC1. The van der Waals surface area contributed by atoms with E-state index in [-0.39, 0.29) is 0 Å². The van der Waals surface area contributed by atoms with E-state index in [0.717, 1.165) is 32.5 Å². The summed E-state index contributed by atoms with van der Waals surface area (Å²) in [7, 11) is 0. The zero-order chi connectivity index (χ0) is 9.73. The number of rotatable bonds is 4. The second-order valence-electron chi connectivity index (χ2n) is 4.12. The predicted molar refractivity (Wildman–Crippen MR) is 52.8 cm³/mol. The molecule has 1 aliphatic heterocycles. The number of ether oxygens (including phenoxy) is 1. The second-order valence-corrected chi connectivity index (χ2v) is 4.12. The van der Waals surface area contributed by atoms with E-state index in [1.165, 1.54) is 0 Å². The van der Waals surface area contributed by atoms with Gasteiger partial charge in [0.1, 0.15) is 0 Å². The summed E-state index contributed by atoms with van der Waals surface area (Å²) in [5, 5.41) is 13.1. The fraction of sp³-hybridized carbons (Fsp3) is 1.00. The van der Waals surface area contributed by atoms with Crippen LogP contribution in [0.3, 0.4) is 0 Å². The van der Waals surface area contributed by atoms with Crippen LogP contribution in [0.4, 0.5) is 0 Å². The van der Waals surface area contributed by atoms with Gasteiger partial charge in [-0.1, -0.05) is 6.92 Å². The highest BCUT2D eigenvalue weighted by Crippen LogP contribution is 2.10. The third-order valence-electron chi connectivity index (χ3n) is 2.75. The number of hydrogen-bond donors (Lipinski definition) is 2. The molecule has 3 heteroatoms. The lowest BCUT2D eigenvalue weighted by Gasteiger charge is -2.28. The van der Waals surface area contributed by atoms with Gasteiger partial charge in [-0.25, -0.2) is 0 Å². The van der Waals surface area contributed by atoms with Crippen LogP contribution in [0.25, 0.3) is 0 Å². The molecule has 0 saturated carbocycles. The molecule has 1 saturated heterocycles. The van der Waals surface area contributed by atoms with Gasteiger partial charge in [0.25, 0.3) is 0 Å². The summed E-state index contributed by atoms with van der Waals surface area (Å²) in [6.07, 6.45) is 2.93. The van der Waals surface area contributed by atoms with Gasteiger partial charge in [-0.05, 0) is 26.2 Å². The topological polar surface area (TPSA) is 41.5 Å². The van der Waals surface area contributed by atoms with Gasteiger partial charge < -0.3 is 15.2 Å². The summed E-state index contributed by atoms with van der Waals surface area (Å²) in [4.78, 5) is 0. The third kappa shape index (κ3) is 4.07. The first-order valence-electron chi connectivity index (χ1n) is 5.17. The molecule has 0 amide bonds. The zero-order valence-corrected chi connectivity index (χ0v) is 8.68. The van der Waals surface area contributed by atoms with E-state index in [9.17, 15) is 5.11 Å². The highest BCUT2D eigenvalue weighted by molar-refractivity contribution is 4.78. The Bertz CT molecular complexity index is 142. The molecule has 0 aliphatic carbocycles. The molecule has 2 N–H and O–H groups in total. The minimum Gasteiger partial charge on any atom is -0.389 e. The lowest BCUT2D eigenvalue weighted by molar-refractivity contribution is 0.0380. The molecule has 3 nitrogen and oxygen atoms in total. The van der Waals surface area contributed by atoms with Crippen LogP contribution >= 0.6 is 0 Å². The Morgan fingerprint density at radius 2 is 2.08 bits per heavy atom. The predicted octanol–water partition coefficient (Wildman–Crippen LogP) is 0.916. The smallest absolute Gasteiger partial charge is 0.0741 e. The van der Waals surface area contributed by atoms with Crippen LogP contribution in [0.1, 0.15) is 33.1 Å². The van der Waals surface area contributed by atoms with E-state index in [4.69, 9.17) is 4.74 Å². The average Bonchev–Trinajstić information content (AvgIpc) is 2.17. The van der Waals surface area contributed by atoms with E-state index in [0.29, 0.717) is 12.6 Å². The molecule has 1 heterocycles. The van der Waals surface area contributed by atoms with Crippen molar-refractivity contribution in [2.24, 2.45) is 0 Å². The van der Waals surface area contributed by atoms with E-state index in [1.54, 1.807) is 0 Å². The average molecular weight is 187 g/mol. The van der Waals surface area contributed by atoms with Gasteiger partial charge in [0.15, 0.2) is 0 Å². The maximum atomic E-state index is 9.76. The first-order valence-corrected chi connectivity index (χ1v) is 5.17. The van der Waals surface area contributed by atoms with E-state index >= 15 is 0 Å². The Morgan fingerprint density at radius 3 is 2.62 bits per heavy atom. The molecule has 1 aliphatic rings. The molecule has 13 heavy (non-hydrogen) atoms. The van der Waals surface area contributed by atoms with Crippen molar-refractivity contribution < 1.29 is 9.84 Å². The lowest BCUT2D eigenvalue weighted by atomic mass is 10.0. The number of hydrogen-bond acceptors (Lipinski definition) is 3. The minimum atomic E-state index is -0.557. The van der Waals surface area contributed by atoms with Crippen LogP contribution in [-0.2, 0) is 4.74 Å². The molecule has 0 radical (unpaired) electrons. The van der Waals surface area contributed by atoms with Crippen LogP contribution < -0.4 is 5.32 Å². The third-order valence-corrected chi connectivity index (χ3v) is 2.75. The van der Waals surface area contributed by atoms with Gasteiger partial charge >= 0.3 is 0 Å². The highest BCUT2D eigenvalue weighted by Gasteiger charge is 2.20. The maximum Gasteiger partial charge on any atom is 0.0741 e. The quantitative estimate of drug-likeness (QED) is 0.687. The molecule has 1 atom stereocenters. The monoisotopic (exact) mass is 187 g/mol. The van der Waals surface area contributed by atoms with Crippen molar-refractivity contribution in [1.29, 1.82) is 0 Å². The largest absolute Gasteiger partial charge is 0.389 e. The first kappa shape index (κ1) is 11.0. The zero-order valence-electron chi connectivity index (χ0n) is 8.68. The number of nitrogens with one attached hydrogen (secondary N) is 1. The van der Waals surface area contributed by atoms with Crippen molar-refractivity contribution in [3.8, 4) is 0 Å². The standard InChI is InChI=1S/C10H21NO2/c1-3-10(2,12)8-11-9-4-6-13-7-5-9/h9,11-12H,3-8H2,1-2H3. The van der Waals surface area contributed by atoms with Gasteiger partial charge in [0.05, 0.1) is 5.60 Å². The molecule has 78 valence electrons. The van der Waals surface area contributed by atoms with E-state index < -0.39 is 5.60 Å². The summed E-state index contributed by atoms with van der Waals surface area (Å²) < 4.78 is 5.26. The molecule has 0 aromatic carbocycles. The van der Waals surface area contributed by atoms with Crippen LogP contribution in [0.5, 0.6) is 0 Å². The van der Waals surface area contributed by atoms with Gasteiger partial charge in [-0.3, -0.25) is 0 Å². The molecule has 0 spiro atoms. The highest BCUT2D eigenvalue weighted by atomic mass is 16.5.